The van der Waals surface area contributed by atoms with E-state index < -0.39 is 0 Å². The Hall–Kier alpha value is -0.240. The van der Waals surface area contributed by atoms with Gasteiger partial charge in [-0.25, -0.2) is 0 Å². The largest absolute Gasteiger partial charge is 0.294 e. The van der Waals surface area contributed by atoms with E-state index in [2.05, 4.69) is 20.4 Å². The summed E-state index contributed by atoms with van der Waals surface area (Å²) in [6.45, 7) is 9.65. The van der Waals surface area contributed by atoms with Crippen LogP contribution in [0.4, 0.5) is 0 Å². The second-order valence-electron chi connectivity index (χ2n) is 3.11. The van der Waals surface area contributed by atoms with Crippen molar-refractivity contribution in [2.24, 2.45) is 5.92 Å². The third-order valence-corrected chi connectivity index (χ3v) is 2.53. The average molecular weight is 172 g/mol. The zero-order chi connectivity index (χ0) is 8.85. The summed E-state index contributed by atoms with van der Waals surface area (Å²) in [6, 6.07) is 0. The number of thioether (sulfide) groups is 1. The van der Waals surface area contributed by atoms with Gasteiger partial charge in [-0.1, -0.05) is 20.4 Å². The summed E-state index contributed by atoms with van der Waals surface area (Å²) in [6.07, 6.45) is 0. The minimum atomic E-state index is 0.177. The van der Waals surface area contributed by atoms with Gasteiger partial charge in [0, 0.05) is 0 Å². The molecule has 0 aliphatic rings. The molecule has 0 aliphatic heterocycles. The van der Waals surface area contributed by atoms with Crippen molar-refractivity contribution in [3.8, 4) is 0 Å². The van der Waals surface area contributed by atoms with Gasteiger partial charge in [-0.2, -0.15) is 11.8 Å². The van der Waals surface area contributed by atoms with Gasteiger partial charge < -0.3 is 0 Å². The Labute approximate surface area is 73.3 Å². The van der Waals surface area contributed by atoms with Crippen molar-refractivity contribution in [3.05, 3.63) is 12.2 Å². The van der Waals surface area contributed by atoms with Gasteiger partial charge in [0.15, 0.2) is 5.78 Å². The highest BCUT2D eigenvalue weighted by Gasteiger charge is 2.02. The first-order valence-corrected chi connectivity index (χ1v) is 4.96. The van der Waals surface area contributed by atoms with Crippen LogP contribution >= 0.6 is 11.8 Å². The zero-order valence-electron chi connectivity index (χ0n) is 7.52. The van der Waals surface area contributed by atoms with E-state index >= 15 is 0 Å². The average Bonchev–Trinajstić information content (AvgIpc) is 1.86. The molecule has 1 nitrogen and oxygen atoms in total. The molecule has 0 bridgehead atoms. The molecule has 0 saturated carbocycles. The highest BCUT2D eigenvalue weighted by molar-refractivity contribution is 7.99. The number of allylic oxidation sites excluding steroid dienone is 1. The molecule has 0 saturated heterocycles. The van der Waals surface area contributed by atoms with Crippen molar-refractivity contribution >= 4 is 17.5 Å². The first kappa shape index (κ1) is 10.8. The summed E-state index contributed by atoms with van der Waals surface area (Å²) in [7, 11) is 0. The van der Waals surface area contributed by atoms with Crippen molar-refractivity contribution < 1.29 is 4.79 Å². The number of carbonyl (C=O) groups is 1. The molecule has 0 radical (unpaired) electrons. The van der Waals surface area contributed by atoms with Crippen molar-refractivity contribution in [2.45, 2.75) is 20.8 Å². The van der Waals surface area contributed by atoms with Crippen LogP contribution in [0, 0.1) is 5.92 Å². The van der Waals surface area contributed by atoms with Crippen LogP contribution in [0.3, 0.4) is 0 Å². The van der Waals surface area contributed by atoms with E-state index in [9.17, 15) is 4.79 Å². The highest BCUT2D eigenvalue weighted by Crippen LogP contribution is 2.08. The number of ketones is 1. The summed E-state index contributed by atoms with van der Waals surface area (Å²) in [4.78, 5) is 11.0. The Kier molecular flexibility index (Phi) is 5.30. The smallest absolute Gasteiger partial charge is 0.167 e. The molecule has 11 heavy (non-hydrogen) atoms. The van der Waals surface area contributed by atoms with Crippen molar-refractivity contribution in [1.82, 2.24) is 0 Å². The molecule has 0 unspecified atom stereocenters. The number of hydrogen-bond donors (Lipinski definition) is 0. The molecule has 0 N–H and O–H groups in total. The summed E-state index contributed by atoms with van der Waals surface area (Å²) < 4.78 is 0. The van der Waals surface area contributed by atoms with Gasteiger partial charge in [-0.3, -0.25) is 4.79 Å². The molecule has 0 atom stereocenters. The van der Waals surface area contributed by atoms with Crippen LogP contribution < -0.4 is 0 Å². The van der Waals surface area contributed by atoms with Gasteiger partial charge in [0.1, 0.15) is 0 Å². The fraction of sp³-hybridized carbons (Fsp3) is 0.667. The molecule has 0 spiro atoms. The maximum Gasteiger partial charge on any atom is 0.167 e. The molecule has 0 aromatic heterocycles. The van der Waals surface area contributed by atoms with E-state index in [-0.39, 0.29) is 5.78 Å². The third kappa shape index (κ3) is 6.17. The lowest BCUT2D eigenvalue weighted by Gasteiger charge is -2.02. The van der Waals surface area contributed by atoms with E-state index in [1.54, 1.807) is 18.7 Å². The molecular weight excluding hydrogens is 156 g/mol. The number of carbonyl (C=O) groups excluding carboxylic acids is 1. The third-order valence-electron chi connectivity index (χ3n) is 1.16. The van der Waals surface area contributed by atoms with Crippen LogP contribution in [-0.4, -0.2) is 17.3 Å². The SMILES string of the molecule is C=C(C)C(=O)CSCC(C)C. The predicted octanol–water partition coefficient (Wildman–Crippen LogP) is 2.52. The minimum Gasteiger partial charge on any atom is -0.294 e. The molecule has 0 fully saturated rings. The van der Waals surface area contributed by atoms with E-state index in [4.69, 9.17) is 0 Å². The molecule has 0 heterocycles. The van der Waals surface area contributed by atoms with Gasteiger partial charge in [-0.05, 0) is 24.2 Å². The van der Waals surface area contributed by atoms with Crippen LogP contribution in [0.15, 0.2) is 12.2 Å². The maximum absolute atomic E-state index is 11.0. The molecule has 0 rings (SSSR count). The van der Waals surface area contributed by atoms with Crippen LogP contribution in [0.1, 0.15) is 20.8 Å². The Morgan fingerprint density at radius 1 is 1.55 bits per heavy atom. The van der Waals surface area contributed by atoms with E-state index in [1.807, 2.05) is 0 Å². The van der Waals surface area contributed by atoms with Crippen molar-refractivity contribution in [3.63, 3.8) is 0 Å². The van der Waals surface area contributed by atoms with Gasteiger partial charge in [0.25, 0.3) is 0 Å². The van der Waals surface area contributed by atoms with Crippen LogP contribution in [0.5, 0.6) is 0 Å². The summed E-state index contributed by atoms with van der Waals surface area (Å²) in [5.41, 5.74) is 0.668. The van der Waals surface area contributed by atoms with Crippen molar-refractivity contribution in [2.75, 3.05) is 11.5 Å². The molecule has 0 aromatic rings. The Balaban J connectivity index is 3.40. The summed E-state index contributed by atoms with van der Waals surface area (Å²) >= 11 is 1.69. The van der Waals surface area contributed by atoms with Crippen LogP contribution in [-0.2, 0) is 4.79 Å². The first-order valence-electron chi connectivity index (χ1n) is 3.80. The normalized spacial score (nSPS) is 10.2. The molecular formula is C9H16OS. The van der Waals surface area contributed by atoms with E-state index in [0.29, 0.717) is 17.2 Å². The molecule has 0 aromatic carbocycles. The summed E-state index contributed by atoms with van der Waals surface area (Å²) in [5.74, 6) is 2.49. The maximum atomic E-state index is 11.0. The Bertz CT molecular complexity index is 150. The second kappa shape index (κ2) is 5.42. The van der Waals surface area contributed by atoms with E-state index in [1.165, 1.54) is 0 Å². The predicted molar refractivity (Wildman–Crippen MR) is 52.0 cm³/mol. The summed E-state index contributed by atoms with van der Waals surface area (Å²) in [5, 5.41) is 0. The lowest BCUT2D eigenvalue weighted by atomic mass is 10.2. The molecule has 2 heteroatoms. The Morgan fingerprint density at radius 2 is 2.09 bits per heavy atom. The first-order chi connectivity index (χ1) is 5.04. The topological polar surface area (TPSA) is 17.1 Å². The van der Waals surface area contributed by atoms with Crippen molar-refractivity contribution in [1.29, 1.82) is 0 Å². The van der Waals surface area contributed by atoms with Gasteiger partial charge in [0.2, 0.25) is 0 Å². The van der Waals surface area contributed by atoms with Crippen LogP contribution in [0.25, 0.3) is 0 Å². The van der Waals surface area contributed by atoms with Crippen LogP contribution in [0.2, 0.25) is 0 Å². The number of rotatable bonds is 5. The minimum absolute atomic E-state index is 0.177. The fourth-order valence-corrected chi connectivity index (χ4v) is 1.53. The van der Waals surface area contributed by atoms with Gasteiger partial charge >= 0.3 is 0 Å². The number of Topliss-reactive ketones (excluding diaryl/α,β-unsaturated/α-hetero) is 1. The molecule has 64 valence electrons. The van der Waals surface area contributed by atoms with E-state index in [0.717, 1.165) is 5.75 Å². The second-order valence-corrected chi connectivity index (χ2v) is 4.14. The molecule has 0 amide bonds. The lowest BCUT2D eigenvalue weighted by molar-refractivity contribution is -0.113. The lowest BCUT2D eigenvalue weighted by Crippen LogP contribution is -2.03. The van der Waals surface area contributed by atoms with Gasteiger partial charge in [-0.15, -0.1) is 0 Å². The quantitative estimate of drug-likeness (QED) is 0.593. The standard InChI is InChI=1S/C9H16OS/c1-7(2)5-11-6-9(10)8(3)4/h7H,3,5-6H2,1-2,4H3. The van der Waals surface area contributed by atoms with Gasteiger partial charge in [0.05, 0.1) is 5.75 Å². The highest BCUT2D eigenvalue weighted by atomic mass is 32.2. The zero-order valence-corrected chi connectivity index (χ0v) is 8.33. The fourth-order valence-electron chi connectivity index (χ4n) is 0.511. The monoisotopic (exact) mass is 172 g/mol. The molecule has 0 aliphatic carbocycles. The number of hydrogen-bond acceptors (Lipinski definition) is 2. The Morgan fingerprint density at radius 3 is 2.45 bits per heavy atom.